The lowest BCUT2D eigenvalue weighted by atomic mass is 10.1. The number of aliphatic carboxylic acids is 1. The molecular weight excluding hydrogens is 488 g/mol. The summed E-state index contributed by atoms with van der Waals surface area (Å²) in [6, 6.07) is 0. The number of piperidine rings is 1. The molecule has 0 aromatic heterocycles. The third-order valence-corrected chi connectivity index (χ3v) is 7.32. The van der Waals surface area contributed by atoms with Crippen molar-refractivity contribution in [3.63, 3.8) is 0 Å². The number of carbonyl (C=O) groups is 2. The Morgan fingerprint density at radius 1 is 1.19 bits per heavy atom. The van der Waals surface area contributed by atoms with Crippen LogP contribution in [0.2, 0.25) is 0 Å². The summed E-state index contributed by atoms with van der Waals surface area (Å²) in [5.41, 5.74) is 1.95. The fourth-order valence-electron chi connectivity index (χ4n) is 3.14. The number of ether oxygens (including phenoxy) is 2. The van der Waals surface area contributed by atoms with Crippen molar-refractivity contribution in [2.75, 3.05) is 27.3 Å². The molecule has 11 heteroatoms. The summed E-state index contributed by atoms with van der Waals surface area (Å²) in [7, 11) is -0.855. The summed E-state index contributed by atoms with van der Waals surface area (Å²) in [6.07, 6.45) is 13.4. The Morgan fingerprint density at radius 3 is 2.36 bits per heavy atom. The number of hydrogen-bond acceptors (Lipinski definition) is 7. The van der Waals surface area contributed by atoms with Gasteiger partial charge in [-0.15, -0.1) is 0 Å². The smallest absolute Gasteiger partial charge is 0.335 e. The molecule has 0 atom stereocenters. The van der Waals surface area contributed by atoms with E-state index in [1.807, 2.05) is 12.2 Å². The quantitative estimate of drug-likeness (QED) is 0.182. The fourth-order valence-corrected chi connectivity index (χ4v) is 4.76. The van der Waals surface area contributed by atoms with Gasteiger partial charge in [0, 0.05) is 20.2 Å². The predicted octanol–water partition coefficient (Wildman–Crippen LogP) is 2.99. The Labute approximate surface area is 212 Å². The maximum atomic E-state index is 12.9. The first kappa shape index (κ1) is 30.8. The Hall–Kier alpha value is -3.25. The van der Waals surface area contributed by atoms with Gasteiger partial charge >= 0.3 is 5.97 Å². The van der Waals surface area contributed by atoms with E-state index in [1.54, 1.807) is 14.2 Å². The molecule has 1 saturated heterocycles. The number of nitrogens with zero attached hydrogens (tertiary/aromatic N) is 1. The van der Waals surface area contributed by atoms with E-state index in [0.29, 0.717) is 12.8 Å². The molecule has 0 saturated carbocycles. The lowest BCUT2D eigenvalue weighted by molar-refractivity contribution is -0.132. The Morgan fingerprint density at radius 2 is 1.83 bits per heavy atom. The lowest BCUT2D eigenvalue weighted by Gasteiger charge is -2.31. The van der Waals surface area contributed by atoms with E-state index in [-0.39, 0.29) is 24.8 Å². The van der Waals surface area contributed by atoms with Crippen LogP contribution in [0.15, 0.2) is 83.1 Å². The van der Waals surface area contributed by atoms with E-state index in [0.717, 1.165) is 30.4 Å². The first-order chi connectivity index (χ1) is 17.0. The number of nitrogens with one attached hydrogen (secondary N) is 1. The highest BCUT2D eigenvalue weighted by atomic mass is 32.2. The summed E-state index contributed by atoms with van der Waals surface area (Å²) in [5.74, 6) is -1.43. The van der Waals surface area contributed by atoms with Gasteiger partial charge in [0.15, 0.2) is 0 Å². The van der Waals surface area contributed by atoms with E-state index < -0.39 is 32.4 Å². The second-order valence-electron chi connectivity index (χ2n) is 7.87. The Balaban J connectivity index is 0.000000537. The van der Waals surface area contributed by atoms with Gasteiger partial charge in [0.25, 0.3) is 5.91 Å². The van der Waals surface area contributed by atoms with E-state index in [9.17, 15) is 18.0 Å². The first-order valence-electron chi connectivity index (χ1n) is 11.0. The van der Waals surface area contributed by atoms with Crippen molar-refractivity contribution in [2.45, 2.75) is 32.3 Å². The van der Waals surface area contributed by atoms with Crippen LogP contribution in [0.4, 0.5) is 0 Å². The number of rotatable bonds is 9. The van der Waals surface area contributed by atoms with Crippen molar-refractivity contribution in [3.8, 4) is 0 Å². The monoisotopic (exact) mass is 522 g/mol. The topological polar surface area (TPSA) is 142 Å². The fraction of sp³-hybridized carbons (Fsp3) is 0.360. The molecule has 1 aliphatic heterocycles. The van der Waals surface area contributed by atoms with Crippen LogP contribution in [-0.2, 0) is 29.1 Å². The van der Waals surface area contributed by atoms with E-state index in [4.69, 9.17) is 19.8 Å². The average molecular weight is 523 g/mol. The van der Waals surface area contributed by atoms with Crippen molar-refractivity contribution in [1.82, 2.24) is 9.79 Å². The molecule has 0 aromatic rings. The number of carbonyl (C=O) groups excluding carboxylic acids is 1. The van der Waals surface area contributed by atoms with Crippen LogP contribution in [-0.4, -0.2) is 68.3 Å². The van der Waals surface area contributed by atoms with Crippen LogP contribution in [0.3, 0.4) is 0 Å². The van der Waals surface area contributed by atoms with Crippen LogP contribution in [0.25, 0.3) is 0 Å². The molecular formula is C25H34N2O8S. The maximum Gasteiger partial charge on any atom is 0.335 e. The highest BCUT2D eigenvalue weighted by Gasteiger charge is 2.33. The van der Waals surface area contributed by atoms with Crippen LogP contribution < -0.4 is 5.48 Å². The second kappa shape index (κ2) is 15.0. The molecule has 1 amide bonds. The van der Waals surface area contributed by atoms with Crippen molar-refractivity contribution >= 4 is 21.9 Å². The molecule has 0 radical (unpaired) electrons. The lowest BCUT2D eigenvalue weighted by Crippen LogP contribution is -2.42. The highest BCUT2D eigenvalue weighted by molar-refractivity contribution is 7.93. The molecule has 1 heterocycles. The molecule has 3 N–H and O–H groups in total. The Kier molecular flexibility index (Phi) is 12.8. The van der Waals surface area contributed by atoms with Gasteiger partial charge in [0.05, 0.1) is 29.3 Å². The molecule has 2 rings (SSSR count). The molecule has 36 heavy (non-hydrogen) atoms. The average Bonchev–Trinajstić information content (AvgIpc) is 3.09. The number of hydroxylamine groups is 1. The van der Waals surface area contributed by atoms with Crippen molar-refractivity contribution in [2.24, 2.45) is 0 Å². The number of amides is 1. The van der Waals surface area contributed by atoms with Crippen molar-refractivity contribution in [3.05, 3.63) is 83.1 Å². The number of methoxy groups -OCH3 is 2. The molecule has 198 valence electrons. The molecule has 10 nitrogen and oxygen atoms in total. The minimum absolute atomic E-state index is 0.0448. The zero-order chi connectivity index (χ0) is 27.3. The summed E-state index contributed by atoms with van der Waals surface area (Å²) < 4.78 is 37.2. The van der Waals surface area contributed by atoms with Gasteiger partial charge in [0.1, 0.15) is 5.76 Å². The summed E-state index contributed by atoms with van der Waals surface area (Å²) >= 11 is 0. The van der Waals surface area contributed by atoms with E-state index in [2.05, 4.69) is 32.2 Å². The van der Waals surface area contributed by atoms with Gasteiger partial charge in [-0.05, 0) is 50.5 Å². The van der Waals surface area contributed by atoms with Gasteiger partial charge in [0.2, 0.25) is 10.0 Å². The molecule has 2 aliphatic rings. The van der Waals surface area contributed by atoms with Crippen molar-refractivity contribution < 1.29 is 37.8 Å². The number of allylic oxidation sites excluding steroid dienone is 7. The van der Waals surface area contributed by atoms with Gasteiger partial charge in [-0.3, -0.25) is 10.0 Å². The minimum Gasteiger partial charge on any atom is -0.497 e. The summed E-state index contributed by atoms with van der Waals surface area (Å²) in [6.45, 7) is 9.19. The van der Waals surface area contributed by atoms with E-state index in [1.165, 1.54) is 15.4 Å². The third-order valence-electron chi connectivity index (χ3n) is 5.33. The highest BCUT2D eigenvalue weighted by Crippen LogP contribution is 2.25. The second-order valence-corrected chi connectivity index (χ2v) is 9.78. The number of sulfonamides is 1. The van der Waals surface area contributed by atoms with Crippen molar-refractivity contribution in [1.29, 1.82) is 0 Å². The van der Waals surface area contributed by atoms with Crippen LogP contribution in [0.1, 0.15) is 26.2 Å². The Bertz CT molecular complexity index is 1090. The van der Waals surface area contributed by atoms with Gasteiger partial charge in [-0.2, -0.15) is 4.31 Å². The van der Waals surface area contributed by atoms with Crippen LogP contribution >= 0.6 is 0 Å². The summed E-state index contributed by atoms with van der Waals surface area (Å²) in [5, 5.41) is 17.5. The zero-order valence-electron chi connectivity index (χ0n) is 20.8. The standard InChI is InChI=1S/C16H22N2O7S.C9H12O/c1-11(16(20)21)5-4-6-14(12(2)15(19)17-22)26(23,24)18-9-7-13(25-3)8-10-18;1-8-4-3-5-9(10-2)7-6-8/h4-6,13,22H,1-2,7-10H2,3H3,(H,17,19)(H,20,21);3,5-7H,4H2,1-2H3/b5-4-,14-6+;. The molecule has 0 aromatic carbocycles. The predicted molar refractivity (Wildman–Crippen MR) is 136 cm³/mol. The van der Waals surface area contributed by atoms with Gasteiger partial charge in [-0.25, -0.2) is 18.7 Å². The maximum absolute atomic E-state index is 12.9. The zero-order valence-corrected chi connectivity index (χ0v) is 21.6. The van der Waals surface area contributed by atoms with Gasteiger partial charge in [-0.1, -0.05) is 37.0 Å². The molecule has 0 bridgehead atoms. The van der Waals surface area contributed by atoms with E-state index >= 15 is 0 Å². The SMILES string of the molecule is C=C(/C=C\C=C(/C(=C)C(=O)NO)S(=O)(=O)N1CCC(OC)CC1)C(=O)O.COC1=CC=C(C)CC=C1. The largest absolute Gasteiger partial charge is 0.497 e. The molecule has 1 fully saturated rings. The number of carboxylic acid groups (broad SMARTS) is 1. The molecule has 0 unspecified atom stereocenters. The number of carboxylic acids is 1. The molecule has 1 aliphatic carbocycles. The van der Waals surface area contributed by atoms with Gasteiger partial charge < -0.3 is 14.6 Å². The third kappa shape index (κ3) is 9.42. The first-order valence-corrected chi connectivity index (χ1v) is 12.5. The minimum atomic E-state index is -4.09. The normalized spacial score (nSPS) is 17.3. The number of hydrogen-bond donors (Lipinski definition) is 3. The van der Waals surface area contributed by atoms with Crippen LogP contribution in [0, 0.1) is 0 Å². The molecule has 0 spiro atoms. The summed E-state index contributed by atoms with van der Waals surface area (Å²) in [4.78, 5) is 21.9. The van der Waals surface area contributed by atoms with Crippen LogP contribution in [0.5, 0.6) is 0 Å².